The minimum Gasteiger partial charge on any atom is -0.323 e. The molecule has 0 saturated carbocycles. The molecule has 2 N–H and O–H groups in total. The van der Waals surface area contributed by atoms with Crippen LogP contribution in [0.15, 0.2) is 53.4 Å². The van der Waals surface area contributed by atoms with E-state index in [1.165, 1.54) is 4.31 Å². The second-order valence-electron chi connectivity index (χ2n) is 7.41. The minimum absolute atomic E-state index is 0.0492. The number of anilines is 1. The molecule has 1 heterocycles. The number of sulfonamides is 1. The SMILES string of the molecule is Cc1ccc(S(=O)(=O)N2CC[NH+]([C@@H](C)C(=O)Nc3ccccc3)CC2)c(C)c1. The zero-order valence-corrected chi connectivity index (χ0v) is 17.4. The standard InChI is InChI=1S/C21H27N3O3S/c1-16-9-10-20(17(2)15-16)28(26,27)24-13-11-23(12-14-24)18(3)21(25)22-19-7-5-4-6-8-19/h4-10,15,18H,11-14H2,1-3H3,(H,22,25)/p+1/t18-/m0/s1. The van der Waals surface area contributed by atoms with Gasteiger partial charge in [0.2, 0.25) is 10.0 Å². The Kier molecular flexibility index (Phi) is 6.17. The third kappa shape index (κ3) is 4.43. The molecule has 150 valence electrons. The van der Waals surface area contributed by atoms with E-state index in [0.29, 0.717) is 31.1 Å². The van der Waals surface area contributed by atoms with Gasteiger partial charge in [0, 0.05) is 5.69 Å². The maximum absolute atomic E-state index is 13.0. The number of aryl methyl sites for hydroxylation is 2. The van der Waals surface area contributed by atoms with Gasteiger partial charge in [0.1, 0.15) is 0 Å². The number of hydrogen-bond acceptors (Lipinski definition) is 3. The number of rotatable bonds is 5. The first-order chi connectivity index (χ1) is 13.3. The van der Waals surface area contributed by atoms with Gasteiger partial charge in [0.05, 0.1) is 31.1 Å². The van der Waals surface area contributed by atoms with E-state index < -0.39 is 10.0 Å². The van der Waals surface area contributed by atoms with Crippen LogP contribution in [0.25, 0.3) is 0 Å². The lowest BCUT2D eigenvalue weighted by Gasteiger charge is -2.34. The Hall–Kier alpha value is -2.22. The van der Waals surface area contributed by atoms with Gasteiger partial charge in [-0.05, 0) is 44.5 Å². The van der Waals surface area contributed by atoms with Crippen molar-refractivity contribution >= 4 is 21.6 Å². The molecule has 0 unspecified atom stereocenters. The molecule has 0 spiro atoms. The first-order valence-corrected chi connectivity index (χ1v) is 11.0. The monoisotopic (exact) mass is 402 g/mol. The Morgan fingerprint density at radius 1 is 1.07 bits per heavy atom. The second kappa shape index (κ2) is 8.43. The number of hydrogen-bond donors (Lipinski definition) is 2. The number of nitrogens with one attached hydrogen (secondary N) is 2. The summed E-state index contributed by atoms with van der Waals surface area (Å²) in [5, 5.41) is 2.93. The predicted octanol–water partition coefficient (Wildman–Crippen LogP) is 1.22. The fourth-order valence-electron chi connectivity index (χ4n) is 3.63. The molecule has 1 fully saturated rings. The topological polar surface area (TPSA) is 70.9 Å². The maximum Gasteiger partial charge on any atom is 0.282 e. The van der Waals surface area contributed by atoms with Gasteiger partial charge in [-0.1, -0.05) is 35.9 Å². The lowest BCUT2D eigenvalue weighted by Crippen LogP contribution is -3.19. The summed E-state index contributed by atoms with van der Waals surface area (Å²) in [7, 11) is -3.51. The number of carbonyl (C=O) groups is 1. The molecule has 7 heteroatoms. The van der Waals surface area contributed by atoms with Gasteiger partial charge in [-0.3, -0.25) is 4.79 Å². The summed E-state index contributed by atoms with van der Waals surface area (Å²) in [6, 6.07) is 14.5. The van der Waals surface area contributed by atoms with E-state index in [2.05, 4.69) is 5.32 Å². The highest BCUT2D eigenvalue weighted by Gasteiger charge is 2.35. The summed E-state index contributed by atoms with van der Waals surface area (Å²) in [5.74, 6) is -0.0492. The van der Waals surface area contributed by atoms with Crippen LogP contribution < -0.4 is 10.2 Å². The Bertz CT molecular complexity index is 937. The quantitative estimate of drug-likeness (QED) is 0.790. The lowest BCUT2D eigenvalue weighted by molar-refractivity contribution is -0.917. The molecular formula is C21H28N3O3S+. The second-order valence-corrected chi connectivity index (χ2v) is 9.31. The zero-order valence-electron chi connectivity index (χ0n) is 16.6. The van der Waals surface area contributed by atoms with Crippen molar-refractivity contribution < 1.29 is 18.1 Å². The highest BCUT2D eigenvalue weighted by atomic mass is 32.2. The zero-order chi connectivity index (χ0) is 20.3. The van der Waals surface area contributed by atoms with Crippen LogP contribution in [0.3, 0.4) is 0 Å². The molecule has 0 aliphatic carbocycles. The van der Waals surface area contributed by atoms with Crippen molar-refractivity contribution in [3.8, 4) is 0 Å². The van der Waals surface area contributed by atoms with Crippen molar-refractivity contribution in [1.29, 1.82) is 0 Å². The molecule has 3 rings (SSSR count). The molecule has 2 aromatic rings. The Morgan fingerprint density at radius 3 is 2.32 bits per heavy atom. The van der Waals surface area contributed by atoms with E-state index >= 15 is 0 Å². The summed E-state index contributed by atoms with van der Waals surface area (Å²) in [6.07, 6.45) is 0. The first-order valence-electron chi connectivity index (χ1n) is 9.57. The lowest BCUT2D eigenvalue weighted by atomic mass is 10.2. The van der Waals surface area contributed by atoms with E-state index in [9.17, 15) is 13.2 Å². The van der Waals surface area contributed by atoms with E-state index in [0.717, 1.165) is 21.7 Å². The molecule has 0 bridgehead atoms. The number of amides is 1. The molecule has 1 amide bonds. The van der Waals surface area contributed by atoms with E-state index in [4.69, 9.17) is 0 Å². The Morgan fingerprint density at radius 2 is 1.71 bits per heavy atom. The van der Waals surface area contributed by atoms with Gasteiger partial charge >= 0.3 is 0 Å². The average Bonchev–Trinajstić information content (AvgIpc) is 2.68. The number of nitrogens with zero attached hydrogens (tertiary/aromatic N) is 1. The Balaban J connectivity index is 1.62. The van der Waals surface area contributed by atoms with Crippen molar-refractivity contribution in [2.45, 2.75) is 31.7 Å². The van der Waals surface area contributed by atoms with Crippen molar-refractivity contribution in [3.05, 3.63) is 59.7 Å². The third-order valence-corrected chi connectivity index (χ3v) is 7.42. The minimum atomic E-state index is -3.51. The van der Waals surface area contributed by atoms with Crippen LogP contribution in [0.5, 0.6) is 0 Å². The molecule has 0 aromatic heterocycles. The number of carbonyl (C=O) groups excluding carboxylic acids is 1. The average molecular weight is 403 g/mol. The van der Waals surface area contributed by atoms with Crippen molar-refractivity contribution in [3.63, 3.8) is 0 Å². The normalized spacial score (nSPS) is 17.2. The van der Waals surface area contributed by atoms with Crippen molar-refractivity contribution in [2.75, 3.05) is 31.5 Å². The third-order valence-electron chi connectivity index (χ3n) is 5.36. The van der Waals surface area contributed by atoms with E-state index in [1.54, 1.807) is 6.07 Å². The van der Waals surface area contributed by atoms with Crippen LogP contribution in [0.2, 0.25) is 0 Å². The molecule has 1 aliphatic heterocycles. The van der Waals surface area contributed by atoms with Gasteiger partial charge in [0.25, 0.3) is 5.91 Å². The molecule has 1 saturated heterocycles. The smallest absolute Gasteiger partial charge is 0.282 e. The van der Waals surface area contributed by atoms with Crippen LogP contribution >= 0.6 is 0 Å². The van der Waals surface area contributed by atoms with Gasteiger partial charge in [-0.25, -0.2) is 8.42 Å². The molecular weight excluding hydrogens is 374 g/mol. The van der Waals surface area contributed by atoms with Crippen LogP contribution in [-0.2, 0) is 14.8 Å². The fraction of sp³-hybridized carbons (Fsp3) is 0.381. The highest BCUT2D eigenvalue weighted by molar-refractivity contribution is 7.89. The molecule has 2 aromatic carbocycles. The van der Waals surface area contributed by atoms with Gasteiger partial charge in [-0.15, -0.1) is 0 Å². The van der Waals surface area contributed by atoms with Crippen molar-refractivity contribution in [2.24, 2.45) is 0 Å². The van der Waals surface area contributed by atoms with Gasteiger partial charge in [-0.2, -0.15) is 4.31 Å². The Labute approximate surface area is 167 Å². The van der Waals surface area contributed by atoms with E-state index in [1.807, 2.05) is 63.2 Å². The summed E-state index contributed by atoms with van der Waals surface area (Å²) in [4.78, 5) is 14.0. The predicted molar refractivity (Wildman–Crippen MR) is 110 cm³/mol. The van der Waals surface area contributed by atoms with Gasteiger partial charge < -0.3 is 10.2 Å². The number of benzene rings is 2. The molecule has 6 nitrogen and oxygen atoms in total. The van der Waals surface area contributed by atoms with Crippen LogP contribution in [-0.4, -0.2) is 50.9 Å². The van der Waals surface area contributed by atoms with Crippen LogP contribution in [0.1, 0.15) is 18.1 Å². The number of quaternary nitrogens is 1. The maximum atomic E-state index is 13.0. The molecule has 28 heavy (non-hydrogen) atoms. The number of para-hydroxylation sites is 1. The van der Waals surface area contributed by atoms with Crippen molar-refractivity contribution in [1.82, 2.24) is 4.31 Å². The highest BCUT2D eigenvalue weighted by Crippen LogP contribution is 2.21. The van der Waals surface area contributed by atoms with Crippen LogP contribution in [0.4, 0.5) is 5.69 Å². The van der Waals surface area contributed by atoms with Crippen LogP contribution in [0, 0.1) is 13.8 Å². The van der Waals surface area contributed by atoms with Gasteiger partial charge in [0.15, 0.2) is 6.04 Å². The largest absolute Gasteiger partial charge is 0.323 e. The van der Waals surface area contributed by atoms with E-state index in [-0.39, 0.29) is 11.9 Å². The first kappa shape index (κ1) is 20.5. The fourth-order valence-corrected chi connectivity index (χ4v) is 5.28. The molecule has 1 aliphatic rings. The summed E-state index contributed by atoms with van der Waals surface area (Å²) >= 11 is 0. The number of piperazine rings is 1. The molecule has 1 atom stereocenters. The molecule has 0 radical (unpaired) electrons. The summed E-state index contributed by atoms with van der Waals surface area (Å²) < 4.78 is 27.6. The summed E-state index contributed by atoms with van der Waals surface area (Å²) in [5.41, 5.74) is 2.59. The summed E-state index contributed by atoms with van der Waals surface area (Å²) in [6.45, 7) is 7.70.